The van der Waals surface area contributed by atoms with Crippen LogP contribution in [0.1, 0.15) is 19.3 Å². The number of hydrogen-bond acceptors (Lipinski definition) is 3. The Kier molecular flexibility index (Phi) is 2.38. The minimum Gasteiger partial charge on any atom is -0.313 e. The zero-order valence-electron chi connectivity index (χ0n) is 5.56. The lowest BCUT2D eigenvalue weighted by molar-refractivity contribution is 0.199. The first-order chi connectivity index (χ1) is 4.27. The Balaban J connectivity index is 2.09. The van der Waals surface area contributed by atoms with E-state index in [1.54, 1.807) is 0 Å². The SMILES string of the molecule is NC1(CCCS)CCN1. The predicted octanol–water partition coefficient (Wildman–Crippen LogP) is 0.345. The van der Waals surface area contributed by atoms with Crippen molar-refractivity contribution >= 4 is 12.6 Å². The van der Waals surface area contributed by atoms with E-state index >= 15 is 0 Å². The van der Waals surface area contributed by atoms with E-state index in [0.717, 1.165) is 31.6 Å². The van der Waals surface area contributed by atoms with Crippen LogP contribution in [-0.4, -0.2) is 18.0 Å². The molecule has 1 atom stereocenters. The van der Waals surface area contributed by atoms with Crippen molar-refractivity contribution in [2.75, 3.05) is 12.3 Å². The first-order valence-corrected chi connectivity index (χ1v) is 4.05. The van der Waals surface area contributed by atoms with Crippen LogP contribution in [0.15, 0.2) is 0 Å². The Morgan fingerprint density at radius 2 is 2.33 bits per heavy atom. The molecule has 0 aromatic carbocycles. The van der Waals surface area contributed by atoms with Crippen LogP contribution in [0.3, 0.4) is 0 Å². The Bertz CT molecular complexity index is 91.1. The zero-order chi connectivity index (χ0) is 6.74. The van der Waals surface area contributed by atoms with Gasteiger partial charge in [0.2, 0.25) is 0 Å². The van der Waals surface area contributed by atoms with Crippen LogP contribution in [0, 0.1) is 0 Å². The van der Waals surface area contributed by atoms with Crippen LogP contribution in [0.2, 0.25) is 0 Å². The van der Waals surface area contributed by atoms with Crippen molar-refractivity contribution in [1.82, 2.24) is 5.32 Å². The van der Waals surface area contributed by atoms with E-state index in [9.17, 15) is 0 Å². The Labute approximate surface area is 61.6 Å². The van der Waals surface area contributed by atoms with Gasteiger partial charge < -0.3 is 5.73 Å². The number of hydrogen-bond donors (Lipinski definition) is 3. The fraction of sp³-hybridized carbons (Fsp3) is 1.00. The molecule has 1 saturated heterocycles. The molecule has 0 bridgehead atoms. The summed E-state index contributed by atoms with van der Waals surface area (Å²) in [6, 6.07) is 0. The maximum atomic E-state index is 5.84. The Hall–Kier alpha value is 0.270. The van der Waals surface area contributed by atoms with Crippen LogP contribution in [0.4, 0.5) is 0 Å². The summed E-state index contributed by atoms with van der Waals surface area (Å²) < 4.78 is 0. The molecule has 2 nitrogen and oxygen atoms in total. The fourth-order valence-electron chi connectivity index (χ4n) is 1.05. The van der Waals surface area contributed by atoms with Gasteiger partial charge in [0.1, 0.15) is 0 Å². The summed E-state index contributed by atoms with van der Waals surface area (Å²) in [6.07, 6.45) is 3.31. The summed E-state index contributed by atoms with van der Waals surface area (Å²) >= 11 is 4.11. The van der Waals surface area contributed by atoms with Gasteiger partial charge in [-0.25, -0.2) is 0 Å². The lowest BCUT2D eigenvalue weighted by Gasteiger charge is -2.39. The molecule has 0 radical (unpaired) electrons. The molecule has 1 fully saturated rings. The summed E-state index contributed by atoms with van der Waals surface area (Å²) in [5.74, 6) is 0.945. The number of thiol groups is 1. The molecule has 3 heteroatoms. The van der Waals surface area contributed by atoms with Crippen LogP contribution in [-0.2, 0) is 0 Å². The summed E-state index contributed by atoms with van der Waals surface area (Å²) in [5, 5.41) is 3.20. The zero-order valence-corrected chi connectivity index (χ0v) is 6.45. The first-order valence-electron chi connectivity index (χ1n) is 3.42. The molecule has 1 rings (SSSR count). The maximum absolute atomic E-state index is 5.84. The molecule has 0 spiro atoms. The molecule has 1 heterocycles. The van der Waals surface area contributed by atoms with E-state index < -0.39 is 0 Å². The minimum absolute atomic E-state index is 0.0251. The Morgan fingerprint density at radius 1 is 1.67 bits per heavy atom. The summed E-state index contributed by atoms with van der Waals surface area (Å²) in [4.78, 5) is 0. The Morgan fingerprint density at radius 3 is 2.67 bits per heavy atom. The van der Waals surface area contributed by atoms with Crippen molar-refractivity contribution in [2.45, 2.75) is 24.9 Å². The van der Waals surface area contributed by atoms with Crippen molar-refractivity contribution in [3.05, 3.63) is 0 Å². The topological polar surface area (TPSA) is 38.0 Å². The van der Waals surface area contributed by atoms with Gasteiger partial charge in [-0.3, -0.25) is 5.32 Å². The third-order valence-corrected chi connectivity index (χ3v) is 2.15. The van der Waals surface area contributed by atoms with E-state index in [-0.39, 0.29) is 5.66 Å². The van der Waals surface area contributed by atoms with Gasteiger partial charge in [-0.1, -0.05) is 0 Å². The standard InChI is InChI=1S/C6H14N2S/c7-6(2-1-5-9)3-4-8-6/h8-9H,1-5,7H2. The molecular formula is C6H14N2S. The molecule has 0 aromatic heterocycles. The second kappa shape index (κ2) is 2.90. The molecule has 0 saturated carbocycles. The van der Waals surface area contributed by atoms with Crippen molar-refractivity contribution in [3.63, 3.8) is 0 Å². The molecule has 0 aliphatic carbocycles. The third kappa shape index (κ3) is 1.85. The average molecular weight is 146 g/mol. The molecule has 1 aliphatic heterocycles. The lowest BCUT2D eigenvalue weighted by atomic mass is 9.94. The summed E-state index contributed by atoms with van der Waals surface area (Å²) in [6.45, 7) is 1.09. The quantitative estimate of drug-likeness (QED) is 0.502. The minimum atomic E-state index is -0.0251. The van der Waals surface area contributed by atoms with E-state index in [1.165, 1.54) is 0 Å². The van der Waals surface area contributed by atoms with Crippen molar-refractivity contribution in [1.29, 1.82) is 0 Å². The summed E-state index contributed by atoms with van der Waals surface area (Å²) in [5.41, 5.74) is 5.82. The van der Waals surface area contributed by atoms with Crippen LogP contribution >= 0.6 is 12.6 Å². The van der Waals surface area contributed by atoms with E-state index in [4.69, 9.17) is 5.73 Å². The number of nitrogens with two attached hydrogens (primary N) is 1. The van der Waals surface area contributed by atoms with E-state index in [2.05, 4.69) is 17.9 Å². The van der Waals surface area contributed by atoms with Crippen LogP contribution in [0.25, 0.3) is 0 Å². The molecule has 54 valence electrons. The van der Waals surface area contributed by atoms with E-state index in [0.29, 0.717) is 0 Å². The monoisotopic (exact) mass is 146 g/mol. The molecule has 1 unspecified atom stereocenters. The highest BCUT2D eigenvalue weighted by Crippen LogP contribution is 2.17. The smallest absolute Gasteiger partial charge is 0.0674 e. The molecule has 1 aliphatic rings. The third-order valence-electron chi connectivity index (χ3n) is 1.83. The van der Waals surface area contributed by atoms with Gasteiger partial charge in [-0.15, -0.1) is 0 Å². The number of rotatable bonds is 3. The maximum Gasteiger partial charge on any atom is 0.0674 e. The van der Waals surface area contributed by atoms with Crippen LogP contribution < -0.4 is 11.1 Å². The molecule has 3 N–H and O–H groups in total. The fourth-order valence-corrected chi connectivity index (χ4v) is 1.21. The second-order valence-corrected chi connectivity index (χ2v) is 3.11. The predicted molar refractivity (Wildman–Crippen MR) is 42.6 cm³/mol. The van der Waals surface area contributed by atoms with Crippen LogP contribution in [0.5, 0.6) is 0 Å². The highest BCUT2D eigenvalue weighted by Gasteiger charge is 2.30. The molecule has 0 aromatic rings. The van der Waals surface area contributed by atoms with Gasteiger partial charge in [0.05, 0.1) is 5.66 Å². The van der Waals surface area contributed by atoms with Gasteiger partial charge in [0, 0.05) is 0 Å². The highest BCUT2D eigenvalue weighted by atomic mass is 32.1. The van der Waals surface area contributed by atoms with Gasteiger partial charge in [0.15, 0.2) is 0 Å². The largest absolute Gasteiger partial charge is 0.313 e. The van der Waals surface area contributed by atoms with Gasteiger partial charge in [-0.05, 0) is 31.6 Å². The second-order valence-electron chi connectivity index (χ2n) is 2.66. The average Bonchev–Trinajstić information content (AvgIpc) is 1.79. The molecule has 9 heavy (non-hydrogen) atoms. The molecular weight excluding hydrogens is 132 g/mol. The van der Waals surface area contributed by atoms with Gasteiger partial charge >= 0.3 is 0 Å². The van der Waals surface area contributed by atoms with Crippen molar-refractivity contribution in [2.24, 2.45) is 5.73 Å². The van der Waals surface area contributed by atoms with Gasteiger partial charge in [-0.2, -0.15) is 12.6 Å². The van der Waals surface area contributed by atoms with Crippen molar-refractivity contribution < 1.29 is 0 Å². The first kappa shape index (κ1) is 7.38. The van der Waals surface area contributed by atoms with Gasteiger partial charge in [0.25, 0.3) is 0 Å². The normalized spacial score (nSPS) is 34.0. The summed E-state index contributed by atoms with van der Waals surface area (Å²) in [7, 11) is 0. The lowest BCUT2D eigenvalue weighted by Crippen LogP contribution is -2.63. The van der Waals surface area contributed by atoms with E-state index in [1.807, 2.05) is 0 Å². The molecule has 0 amide bonds. The highest BCUT2D eigenvalue weighted by molar-refractivity contribution is 7.80. The number of nitrogens with one attached hydrogen (secondary N) is 1. The van der Waals surface area contributed by atoms with Crippen molar-refractivity contribution in [3.8, 4) is 0 Å².